The molecule has 0 radical (unpaired) electrons. The molecular weight excluding hydrogens is 212 g/mol. The second kappa shape index (κ2) is 4.42. The summed E-state index contributed by atoms with van der Waals surface area (Å²) in [6.45, 7) is 7.15. The molecule has 0 aromatic heterocycles. The maximum Gasteiger partial charge on any atom is 0.338 e. The molecule has 0 fully saturated rings. The first-order chi connectivity index (χ1) is 8.09. The van der Waals surface area contributed by atoms with Crippen molar-refractivity contribution in [1.29, 1.82) is 0 Å². The maximum absolute atomic E-state index is 11.5. The first-order valence-corrected chi connectivity index (χ1v) is 5.45. The molecule has 0 aliphatic carbocycles. The average Bonchev–Trinajstić information content (AvgIpc) is 2.33. The van der Waals surface area contributed by atoms with E-state index in [-0.39, 0.29) is 5.97 Å². The van der Waals surface area contributed by atoms with Gasteiger partial charge in [-0.15, -0.1) is 0 Å². The molecule has 0 heterocycles. The minimum Gasteiger partial charge on any atom is -0.423 e. The Labute approximate surface area is 101 Å². The lowest BCUT2D eigenvalue weighted by Gasteiger charge is -2.09. The van der Waals surface area contributed by atoms with Crippen LogP contribution in [0.1, 0.15) is 12.5 Å². The van der Waals surface area contributed by atoms with E-state index in [2.05, 4.69) is 6.58 Å². The lowest BCUT2D eigenvalue weighted by molar-refractivity contribution is -0.130. The molecule has 86 valence electrons. The Balaban J connectivity index is 2.46. The van der Waals surface area contributed by atoms with Crippen molar-refractivity contribution in [2.45, 2.75) is 13.8 Å². The summed E-state index contributed by atoms with van der Waals surface area (Å²) in [6, 6.07) is 11.8. The summed E-state index contributed by atoms with van der Waals surface area (Å²) >= 11 is 0. The van der Waals surface area contributed by atoms with Crippen LogP contribution in [0.3, 0.4) is 0 Å². The van der Waals surface area contributed by atoms with Crippen LogP contribution >= 0.6 is 0 Å². The number of carbonyl (C=O) groups excluding carboxylic acids is 1. The van der Waals surface area contributed by atoms with E-state index >= 15 is 0 Å². The molecule has 0 N–H and O–H groups in total. The van der Waals surface area contributed by atoms with E-state index in [0.29, 0.717) is 11.3 Å². The molecule has 2 rings (SSSR count). The molecule has 0 bridgehead atoms. The molecule has 0 saturated carbocycles. The number of benzene rings is 2. The van der Waals surface area contributed by atoms with Crippen molar-refractivity contribution in [3.8, 4) is 5.75 Å². The largest absolute Gasteiger partial charge is 0.423 e. The van der Waals surface area contributed by atoms with Crippen LogP contribution in [0.15, 0.2) is 48.6 Å². The molecule has 2 aromatic rings. The van der Waals surface area contributed by atoms with Gasteiger partial charge >= 0.3 is 5.97 Å². The van der Waals surface area contributed by atoms with Gasteiger partial charge in [0.1, 0.15) is 5.75 Å². The van der Waals surface area contributed by atoms with E-state index in [1.54, 1.807) is 6.92 Å². The van der Waals surface area contributed by atoms with Gasteiger partial charge in [-0.1, -0.05) is 36.9 Å². The first kappa shape index (κ1) is 11.4. The molecule has 2 nitrogen and oxygen atoms in total. The molecule has 0 saturated heterocycles. The van der Waals surface area contributed by atoms with Crippen LogP contribution in [0, 0.1) is 6.92 Å². The smallest absolute Gasteiger partial charge is 0.338 e. The zero-order valence-electron chi connectivity index (χ0n) is 9.99. The molecule has 0 amide bonds. The summed E-state index contributed by atoms with van der Waals surface area (Å²) in [6.07, 6.45) is 0. The Morgan fingerprint density at radius 1 is 1.18 bits per heavy atom. The summed E-state index contributed by atoms with van der Waals surface area (Å²) in [5.74, 6) is 0.208. The molecule has 17 heavy (non-hydrogen) atoms. The zero-order chi connectivity index (χ0) is 12.4. The quantitative estimate of drug-likeness (QED) is 0.444. The predicted molar refractivity (Wildman–Crippen MR) is 69.1 cm³/mol. The molecule has 0 unspecified atom stereocenters. The normalized spacial score (nSPS) is 10.2. The third kappa shape index (κ3) is 2.21. The second-order valence-corrected chi connectivity index (χ2v) is 4.08. The van der Waals surface area contributed by atoms with Crippen LogP contribution in [0.2, 0.25) is 0 Å². The number of hydrogen-bond acceptors (Lipinski definition) is 2. The summed E-state index contributed by atoms with van der Waals surface area (Å²) in [5.41, 5.74) is 1.37. The second-order valence-electron chi connectivity index (χ2n) is 4.08. The summed E-state index contributed by atoms with van der Waals surface area (Å²) in [7, 11) is 0. The molecule has 0 spiro atoms. The van der Waals surface area contributed by atoms with Crippen LogP contribution in [-0.2, 0) is 4.79 Å². The third-order valence-electron chi connectivity index (χ3n) is 2.70. The van der Waals surface area contributed by atoms with Crippen molar-refractivity contribution >= 4 is 16.7 Å². The van der Waals surface area contributed by atoms with E-state index in [0.717, 1.165) is 16.3 Å². The number of hydrogen-bond donors (Lipinski definition) is 0. The Kier molecular flexibility index (Phi) is 2.96. The number of fused-ring (bicyclic) bond motifs is 1. The molecule has 2 aromatic carbocycles. The number of rotatable bonds is 2. The van der Waals surface area contributed by atoms with Crippen molar-refractivity contribution < 1.29 is 9.53 Å². The van der Waals surface area contributed by atoms with Gasteiger partial charge in [-0.2, -0.15) is 0 Å². The fraction of sp³-hybridized carbons (Fsp3) is 0.133. The minimum absolute atomic E-state index is 0.386. The van der Waals surface area contributed by atoms with Crippen molar-refractivity contribution in [1.82, 2.24) is 0 Å². The highest BCUT2D eigenvalue weighted by atomic mass is 16.5. The molecule has 2 heteroatoms. The molecule has 0 aliphatic heterocycles. The van der Waals surface area contributed by atoms with Gasteiger partial charge in [0.15, 0.2) is 0 Å². The van der Waals surface area contributed by atoms with Gasteiger partial charge in [0.2, 0.25) is 0 Å². The van der Waals surface area contributed by atoms with E-state index in [1.165, 1.54) is 0 Å². The van der Waals surface area contributed by atoms with E-state index in [9.17, 15) is 4.79 Å². The van der Waals surface area contributed by atoms with Gasteiger partial charge in [0.05, 0.1) is 0 Å². The number of ether oxygens (including phenoxy) is 1. The van der Waals surface area contributed by atoms with Gasteiger partial charge < -0.3 is 4.74 Å². The topological polar surface area (TPSA) is 26.3 Å². The first-order valence-electron chi connectivity index (χ1n) is 5.45. The highest BCUT2D eigenvalue weighted by molar-refractivity contribution is 5.92. The summed E-state index contributed by atoms with van der Waals surface area (Å²) in [4.78, 5) is 11.5. The highest BCUT2D eigenvalue weighted by Gasteiger charge is 2.09. The van der Waals surface area contributed by atoms with E-state index in [4.69, 9.17) is 4.74 Å². The number of carbonyl (C=O) groups is 1. The lowest BCUT2D eigenvalue weighted by atomic mass is 10.0. The summed E-state index contributed by atoms with van der Waals surface area (Å²) < 4.78 is 5.28. The van der Waals surface area contributed by atoms with Gasteiger partial charge in [0.25, 0.3) is 0 Å². The van der Waals surface area contributed by atoms with Crippen LogP contribution in [0.4, 0.5) is 0 Å². The van der Waals surface area contributed by atoms with Crippen molar-refractivity contribution in [2.24, 2.45) is 0 Å². The van der Waals surface area contributed by atoms with Gasteiger partial charge in [-0.05, 0) is 36.2 Å². The van der Waals surface area contributed by atoms with Gasteiger partial charge in [-0.3, -0.25) is 0 Å². The molecule has 0 aliphatic rings. The average molecular weight is 226 g/mol. The van der Waals surface area contributed by atoms with Gasteiger partial charge in [0, 0.05) is 5.57 Å². The standard InChI is InChI=1S/C15H14O2/c1-10(2)15(16)17-14-9-8-12-6-4-5-7-13(12)11(14)3/h4-9H,1H2,2-3H3. The van der Waals surface area contributed by atoms with Crippen molar-refractivity contribution in [3.63, 3.8) is 0 Å². The highest BCUT2D eigenvalue weighted by Crippen LogP contribution is 2.27. The Hall–Kier alpha value is -2.09. The molecular formula is C15H14O2. The molecule has 0 atom stereocenters. The van der Waals surface area contributed by atoms with Crippen LogP contribution in [-0.4, -0.2) is 5.97 Å². The zero-order valence-corrected chi connectivity index (χ0v) is 9.99. The fourth-order valence-corrected chi connectivity index (χ4v) is 1.70. The Morgan fingerprint density at radius 2 is 1.88 bits per heavy atom. The lowest BCUT2D eigenvalue weighted by Crippen LogP contribution is -2.09. The Morgan fingerprint density at radius 3 is 2.59 bits per heavy atom. The monoisotopic (exact) mass is 226 g/mol. The van der Waals surface area contributed by atoms with Crippen LogP contribution in [0.5, 0.6) is 5.75 Å². The number of aryl methyl sites for hydroxylation is 1. The van der Waals surface area contributed by atoms with Crippen molar-refractivity contribution in [2.75, 3.05) is 0 Å². The van der Waals surface area contributed by atoms with E-state index in [1.807, 2.05) is 43.3 Å². The van der Waals surface area contributed by atoms with E-state index < -0.39 is 0 Å². The minimum atomic E-state index is -0.386. The maximum atomic E-state index is 11.5. The van der Waals surface area contributed by atoms with Crippen LogP contribution in [0.25, 0.3) is 10.8 Å². The number of esters is 1. The van der Waals surface area contributed by atoms with Crippen LogP contribution < -0.4 is 4.74 Å². The van der Waals surface area contributed by atoms with Crippen molar-refractivity contribution in [3.05, 3.63) is 54.1 Å². The fourth-order valence-electron chi connectivity index (χ4n) is 1.70. The van der Waals surface area contributed by atoms with Gasteiger partial charge in [-0.25, -0.2) is 4.79 Å². The summed E-state index contributed by atoms with van der Waals surface area (Å²) in [5, 5.41) is 2.24. The SMILES string of the molecule is C=C(C)C(=O)Oc1ccc2ccccc2c1C. The third-order valence-corrected chi connectivity index (χ3v) is 2.70. The Bertz CT molecular complexity index is 597. The predicted octanol–water partition coefficient (Wildman–Crippen LogP) is 3.63.